The van der Waals surface area contributed by atoms with Gasteiger partial charge in [0, 0.05) is 13.0 Å². The van der Waals surface area contributed by atoms with E-state index in [4.69, 9.17) is 30.8 Å². The normalized spacial score (nSPS) is 11.8. The van der Waals surface area contributed by atoms with Gasteiger partial charge >= 0.3 is 0 Å². The van der Waals surface area contributed by atoms with E-state index in [0.29, 0.717) is 42.5 Å². The number of imidazole rings is 1. The largest absolute Gasteiger partial charge is 0.494 e. The van der Waals surface area contributed by atoms with E-state index < -0.39 is 0 Å². The maximum Gasteiger partial charge on any atom is 0.241 e. The number of halogens is 1. The second-order valence-corrected chi connectivity index (χ2v) is 10.8. The highest BCUT2D eigenvalue weighted by atomic mass is 35.5. The summed E-state index contributed by atoms with van der Waals surface area (Å²) in [7, 11) is 5.10. The lowest BCUT2D eigenvalue weighted by atomic mass is 9.96. The zero-order chi connectivity index (χ0) is 29.9. The molecule has 0 aliphatic carbocycles. The molecule has 0 aliphatic rings. The van der Waals surface area contributed by atoms with E-state index in [9.17, 15) is 4.79 Å². The van der Waals surface area contributed by atoms with Crippen LogP contribution < -0.4 is 24.8 Å². The molecule has 223 valence electrons. The topological polar surface area (TPSA) is 88.7 Å². The first-order valence-electron chi connectivity index (χ1n) is 14.3. The van der Waals surface area contributed by atoms with Crippen molar-refractivity contribution in [1.82, 2.24) is 20.2 Å². The number of rotatable bonds is 16. The molecule has 1 amide bonds. The van der Waals surface area contributed by atoms with E-state index in [0.717, 1.165) is 53.1 Å². The molecule has 0 aliphatic heterocycles. The minimum absolute atomic E-state index is 0.129. The molecule has 3 aromatic carbocycles. The third-order valence-corrected chi connectivity index (χ3v) is 7.61. The van der Waals surface area contributed by atoms with Crippen molar-refractivity contribution in [2.45, 2.75) is 45.7 Å². The third kappa shape index (κ3) is 8.17. The van der Waals surface area contributed by atoms with Crippen molar-refractivity contribution in [3.8, 4) is 17.2 Å². The van der Waals surface area contributed by atoms with Crippen LogP contribution >= 0.6 is 11.6 Å². The monoisotopic (exact) mass is 591 g/mol. The van der Waals surface area contributed by atoms with E-state index in [1.165, 1.54) is 0 Å². The predicted octanol–water partition coefficient (Wildman–Crippen LogP) is 6.03. The lowest BCUT2D eigenvalue weighted by Crippen LogP contribution is -2.19. The number of carbonyl (C=O) groups is 1. The Hall–Kier alpha value is -3.75. The fraction of sp³-hybridized carbons (Fsp3) is 0.394. The Morgan fingerprint density at radius 3 is 2.71 bits per heavy atom. The lowest BCUT2D eigenvalue weighted by Gasteiger charge is -2.16. The molecule has 9 heteroatoms. The molecule has 1 unspecified atom stereocenters. The molecule has 1 heterocycles. The zero-order valence-electron chi connectivity index (χ0n) is 24.9. The van der Waals surface area contributed by atoms with Gasteiger partial charge in [-0.3, -0.25) is 4.79 Å². The van der Waals surface area contributed by atoms with Gasteiger partial charge in [0.1, 0.15) is 18.1 Å². The van der Waals surface area contributed by atoms with Crippen LogP contribution in [0, 0.1) is 5.92 Å². The molecule has 1 atom stereocenters. The molecular formula is C33H40ClN4O4. The van der Waals surface area contributed by atoms with Crippen molar-refractivity contribution in [3.63, 3.8) is 0 Å². The van der Waals surface area contributed by atoms with Crippen LogP contribution in [0.15, 0.2) is 60.7 Å². The van der Waals surface area contributed by atoms with Crippen LogP contribution in [0.5, 0.6) is 17.2 Å². The first-order chi connectivity index (χ1) is 20.4. The highest BCUT2D eigenvalue weighted by Gasteiger charge is 2.17. The number of fused-ring (bicyclic) bond motifs is 1. The van der Waals surface area contributed by atoms with Crippen LogP contribution in [0.3, 0.4) is 0 Å². The average Bonchev–Trinajstić information content (AvgIpc) is 3.35. The summed E-state index contributed by atoms with van der Waals surface area (Å²) in [4.78, 5) is 17.6. The highest BCUT2D eigenvalue weighted by Crippen LogP contribution is 2.38. The van der Waals surface area contributed by atoms with E-state index in [-0.39, 0.29) is 18.4 Å². The van der Waals surface area contributed by atoms with E-state index in [1.54, 1.807) is 14.2 Å². The zero-order valence-corrected chi connectivity index (χ0v) is 25.6. The molecule has 0 fully saturated rings. The van der Waals surface area contributed by atoms with Gasteiger partial charge in [0.25, 0.3) is 0 Å². The summed E-state index contributed by atoms with van der Waals surface area (Å²) in [6.45, 7) is 4.51. The Kier molecular flexibility index (Phi) is 11.5. The van der Waals surface area contributed by atoms with Crippen molar-refractivity contribution in [1.29, 1.82) is 0 Å². The standard InChI is InChI=1S/C33H40ClN4O4/c1-23(19-25-14-15-29(40-3)33(41-4)32(25)34)13-16-31(39)36-21-30-37-27-11-5-6-12-28(27)38(30)22-24-9-7-10-26(20-24)42-18-8-17-35-2/h5-7,9-12,14-15,20,23,35H,8,13,16-19,21-22H2,1-4H3. The van der Waals surface area contributed by atoms with Crippen molar-refractivity contribution < 1.29 is 19.0 Å². The number of carbonyl (C=O) groups excluding carboxylic acids is 1. The second kappa shape index (κ2) is 15.5. The summed E-state index contributed by atoms with van der Waals surface area (Å²) in [6.07, 6.45) is 2.72. The maximum absolute atomic E-state index is 12.8. The summed E-state index contributed by atoms with van der Waals surface area (Å²) in [5, 5.41) is 8.08. The highest BCUT2D eigenvalue weighted by molar-refractivity contribution is 6.33. The lowest BCUT2D eigenvalue weighted by molar-refractivity contribution is -0.121. The summed E-state index contributed by atoms with van der Waals surface area (Å²) in [5.41, 5.74) is 3.96. The van der Waals surface area contributed by atoms with Gasteiger partial charge < -0.3 is 24.1 Å². The van der Waals surface area contributed by atoms with Crippen LogP contribution in [0.2, 0.25) is 5.02 Å². The molecule has 42 heavy (non-hydrogen) atoms. The van der Waals surface area contributed by atoms with E-state index >= 15 is 0 Å². The number of nitrogens with one attached hydrogen (secondary N) is 1. The van der Waals surface area contributed by atoms with Crippen LogP contribution in [-0.4, -0.2) is 49.9 Å². The van der Waals surface area contributed by atoms with Crippen molar-refractivity contribution >= 4 is 28.5 Å². The fourth-order valence-electron chi connectivity index (χ4n) is 4.95. The van der Waals surface area contributed by atoms with Crippen LogP contribution in [0.25, 0.3) is 11.0 Å². The Bertz CT molecular complexity index is 1470. The Morgan fingerprint density at radius 1 is 1.10 bits per heavy atom. The van der Waals surface area contributed by atoms with Crippen molar-refractivity contribution in [2.75, 3.05) is 34.4 Å². The number of amides is 1. The van der Waals surface area contributed by atoms with Gasteiger partial charge in [0.05, 0.1) is 36.9 Å². The third-order valence-electron chi connectivity index (χ3n) is 7.19. The van der Waals surface area contributed by atoms with Crippen LogP contribution in [0.1, 0.15) is 43.1 Å². The molecule has 0 saturated heterocycles. The number of para-hydroxylation sites is 2. The van der Waals surface area contributed by atoms with Crippen molar-refractivity contribution in [2.24, 2.45) is 5.92 Å². The molecule has 4 aromatic rings. The van der Waals surface area contributed by atoms with Gasteiger partial charge in [-0.1, -0.05) is 48.9 Å². The molecule has 0 spiro atoms. The van der Waals surface area contributed by atoms with E-state index in [2.05, 4.69) is 34.3 Å². The molecule has 0 bridgehead atoms. The molecule has 1 aromatic heterocycles. The molecular weight excluding hydrogens is 552 g/mol. The first kappa shape index (κ1) is 31.2. The smallest absolute Gasteiger partial charge is 0.241 e. The average molecular weight is 592 g/mol. The molecule has 0 saturated carbocycles. The molecule has 8 nitrogen and oxygen atoms in total. The number of benzene rings is 3. The summed E-state index contributed by atoms with van der Waals surface area (Å²) < 4.78 is 18.8. The number of aromatic nitrogens is 2. The molecule has 4 rings (SSSR count). The quantitative estimate of drug-likeness (QED) is 0.160. The Balaban J connectivity index is 1.36. The minimum Gasteiger partial charge on any atom is -0.494 e. The van der Waals surface area contributed by atoms with Gasteiger partial charge in [0.2, 0.25) is 5.91 Å². The maximum atomic E-state index is 12.8. The predicted molar refractivity (Wildman–Crippen MR) is 167 cm³/mol. The minimum atomic E-state index is -0.129. The van der Waals surface area contributed by atoms with Gasteiger partial charge in [-0.25, -0.2) is 10.3 Å². The number of nitrogens with zero attached hydrogens (tertiary/aromatic N) is 3. The van der Waals surface area contributed by atoms with Crippen LogP contribution in [0.4, 0.5) is 0 Å². The van der Waals surface area contributed by atoms with Crippen molar-refractivity contribution in [3.05, 3.63) is 82.6 Å². The van der Waals surface area contributed by atoms with Crippen LogP contribution in [-0.2, 0) is 24.3 Å². The van der Waals surface area contributed by atoms with Gasteiger partial charge in [-0.15, -0.1) is 0 Å². The van der Waals surface area contributed by atoms with Gasteiger partial charge in [-0.2, -0.15) is 0 Å². The SMILES string of the molecule is CNCCCOc1cccc(Cn2c(C[N]C(=O)CCC(C)Cc3ccc(OC)c(OC)c3Cl)nc3ccccc32)c1. The number of methoxy groups -OCH3 is 2. The number of hydrogen-bond acceptors (Lipinski definition) is 6. The summed E-state index contributed by atoms with van der Waals surface area (Å²) in [6, 6.07) is 19.9. The number of ether oxygens (including phenoxy) is 3. The second-order valence-electron chi connectivity index (χ2n) is 10.4. The van der Waals surface area contributed by atoms with Gasteiger partial charge in [0.15, 0.2) is 11.5 Å². The summed E-state index contributed by atoms with van der Waals surface area (Å²) >= 11 is 6.56. The number of hydrogen-bond donors (Lipinski definition) is 1. The summed E-state index contributed by atoms with van der Waals surface area (Å²) in [5.74, 6) is 2.84. The Morgan fingerprint density at radius 2 is 1.93 bits per heavy atom. The van der Waals surface area contributed by atoms with E-state index in [1.807, 2.05) is 55.6 Å². The molecule has 1 N–H and O–H groups in total. The Labute approximate surface area is 253 Å². The fourth-order valence-corrected chi connectivity index (χ4v) is 5.26. The first-order valence-corrected chi connectivity index (χ1v) is 14.7. The molecule has 1 radical (unpaired) electrons. The van der Waals surface area contributed by atoms with Gasteiger partial charge in [-0.05, 0) is 80.2 Å².